The Labute approximate surface area is 77.1 Å². The average Bonchev–Trinajstić information content (AvgIpc) is 2.41. The highest BCUT2D eigenvalue weighted by molar-refractivity contribution is 7.90. The second-order valence-corrected chi connectivity index (χ2v) is 5.29. The molecule has 0 bridgehead atoms. The molecule has 0 radical (unpaired) electrons. The Bertz CT molecular complexity index is 552. The summed E-state index contributed by atoms with van der Waals surface area (Å²) < 4.78 is 23.4. The minimum Gasteiger partial charge on any atom is -0.374 e. The second kappa shape index (κ2) is 2.39. The van der Waals surface area contributed by atoms with Gasteiger partial charge in [-0.1, -0.05) is 11.3 Å². The number of anilines is 1. The van der Waals surface area contributed by atoms with Gasteiger partial charge in [0.1, 0.15) is 0 Å². The molecule has 0 aromatic carbocycles. The van der Waals surface area contributed by atoms with Crippen molar-refractivity contribution in [3.8, 4) is 0 Å². The maximum atomic E-state index is 11.1. The number of hydrogen-bond acceptors (Lipinski definition) is 7. The highest BCUT2D eigenvalue weighted by Crippen LogP contribution is 2.17. The minimum absolute atomic E-state index is 0.185. The van der Waals surface area contributed by atoms with Gasteiger partial charge in [-0.2, -0.15) is 4.52 Å². The van der Waals surface area contributed by atoms with Crippen molar-refractivity contribution in [2.24, 2.45) is 0 Å². The largest absolute Gasteiger partial charge is 0.374 e. The number of aromatic nitrogens is 4. The molecule has 0 spiro atoms. The number of sulfone groups is 1. The number of hydrogen-bond donors (Lipinski definition) is 1. The Balaban J connectivity index is 2.84. The van der Waals surface area contributed by atoms with E-state index in [0.717, 1.165) is 22.1 Å². The SMILES string of the molecule is CS(=O)(=O)c1nnc2sc(N)nn12. The number of nitrogens with zero attached hydrogens (tertiary/aromatic N) is 4. The lowest BCUT2D eigenvalue weighted by atomic mass is 11.2. The lowest BCUT2D eigenvalue weighted by Gasteiger charge is -1.89. The summed E-state index contributed by atoms with van der Waals surface area (Å²) in [6.07, 6.45) is 1.04. The first-order chi connectivity index (χ1) is 5.98. The molecule has 0 atom stereocenters. The van der Waals surface area contributed by atoms with Gasteiger partial charge in [-0.3, -0.25) is 0 Å². The normalized spacial score (nSPS) is 12.4. The van der Waals surface area contributed by atoms with Crippen LogP contribution in [0.5, 0.6) is 0 Å². The lowest BCUT2D eigenvalue weighted by Crippen LogP contribution is -2.04. The van der Waals surface area contributed by atoms with E-state index in [1.54, 1.807) is 0 Å². The third-order valence-corrected chi connectivity index (χ3v) is 2.96. The molecule has 2 aromatic rings. The molecule has 0 saturated carbocycles. The van der Waals surface area contributed by atoms with Gasteiger partial charge in [0, 0.05) is 6.26 Å². The highest BCUT2D eigenvalue weighted by atomic mass is 32.2. The Kier molecular flexibility index (Phi) is 1.54. The Morgan fingerprint density at radius 1 is 1.46 bits per heavy atom. The molecular weight excluding hydrogens is 214 g/mol. The van der Waals surface area contributed by atoms with Crippen LogP contribution in [-0.4, -0.2) is 34.5 Å². The number of fused-ring (bicyclic) bond motifs is 1. The van der Waals surface area contributed by atoms with Crippen molar-refractivity contribution < 1.29 is 8.42 Å². The fourth-order valence-electron chi connectivity index (χ4n) is 0.845. The number of nitrogen functional groups attached to an aromatic ring is 1. The molecule has 70 valence electrons. The zero-order valence-corrected chi connectivity index (χ0v) is 8.13. The predicted molar refractivity (Wildman–Crippen MR) is 46.2 cm³/mol. The average molecular weight is 219 g/mol. The van der Waals surface area contributed by atoms with Gasteiger partial charge in [-0.25, -0.2) is 8.42 Å². The van der Waals surface area contributed by atoms with Gasteiger partial charge in [0.2, 0.25) is 19.9 Å². The standard InChI is InChI=1S/C4H5N5O2S2/c1-13(10,11)4-7-6-3-9(4)8-2(5)12-3/h1H3,(H2,5,8). The number of nitrogens with two attached hydrogens (primary N) is 1. The summed E-state index contributed by atoms with van der Waals surface area (Å²) in [4.78, 5) is 0.373. The summed E-state index contributed by atoms with van der Waals surface area (Å²) in [6, 6.07) is 0. The Morgan fingerprint density at radius 2 is 2.15 bits per heavy atom. The fraction of sp³-hybridized carbons (Fsp3) is 0.250. The minimum atomic E-state index is -3.39. The first-order valence-corrected chi connectivity index (χ1v) is 5.87. The van der Waals surface area contributed by atoms with E-state index >= 15 is 0 Å². The van der Waals surface area contributed by atoms with Crippen molar-refractivity contribution >= 4 is 31.3 Å². The molecule has 7 nitrogen and oxygen atoms in total. The van der Waals surface area contributed by atoms with Crippen LogP contribution in [-0.2, 0) is 9.84 Å². The predicted octanol–water partition coefficient (Wildman–Crippen LogP) is -0.829. The van der Waals surface area contributed by atoms with E-state index in [-0.39, 0.29) is 10.3 Å². The van der Waals surface area contributed by atoms with E-state index in [0.29, 0.717) is 4.96 Å². The second-order valence-electron chi connectivity index (χ2n) is 2.39. The van der Waals surface area contributed by atoms with Gasteiger partial charge in [-0.15, -0.1) is 15.3 Å². The smallest absolute Gasteiger partial charge is 0.271 e. The molecule has 0 saturated heterocycles. The van der Waals surface area contributed by atoms with Gasteiger partial charge in [-0.05, 0) is 0 Å². The molecule has 0 amide bonds. The van der Waals surface area contributed by atoms with Gasteiger partial charge >= 0.3 is 0 Å². The first-order valence-electron chi connectivity index (χ1n) is 3.16. The quantitative estimate of drug-likeness (QED) is 0.671. The van der Waals surface area contributed by atoms with E-state index in [9.17, 15) is 8.42 Å². The summed E-state index contributed by atoms with van der Waals surface area (Å²) in [5.41, 5.74) is 5.37. The zero-order chi connectivity index (χ0) is 9.64. The van der Waals surface area contributed by atoms with Crippen LogP contribution in [0, 0.1) is 0 Å². The van der Waals surface area contributed by atoms with E-state index in [1.807, 2.05) is 0 Å². The Hall–Kier alpha value is -1.22. The molecule has 2 rings (SSSR count). The monoisotopic (exact) mass is 219 g/mol. The van der Waals surface area contributed by atoms with E-state index in [2.05, 4.69) is 15.3 Å². The molecule has 0 unspecified atom stereocenters. The maximum absolute atomic E-state index is 11.1. The van der Waals surface area contributed by atoms with Gasteiger partial charge < -0.3 is 5.73 Å². The van der Waals surface area contributed by atoms with Crippen LogP contribution in [0.4, 0.5) is 5.13 Å². The van der Waals surface area contributed by atoms with E-state index in [1.165, 1.54) is 0 Å². The Morgan fingerprint density at radius 3 is 2.77 bits per heavy atom. The fourth-order valence-corrected chi connectivity index (χ4v) is 2.14. The molecule has 2 N–H and O–H groups in total. The number of rotatable bonds is 1. The van der Waals surface area contributed by atoms with Crippen molar-refractivity contribution in [2.45, 2.75) is 5.16 Å². The van der Waals surface area contributed by atoms with Crippen LogP contribution in [0.1, 0.15) is 0 Å². The van der Waals surface area contributed by atoms with Crippen LogP contribution in [0.3, 0.4) is 0 Å². The van der Waals surface area contributed by atoms with Crippen LogP contribution >= 0.6 is 11.3 Å². The first kappa shape index (κ1) is 8.38. The summed E-state index contributed by atoms with van der Waals surface area (Å²) in [6.45, 7) is 0. The van der Waals surface area contributed by atoms with Crippen LogP contribution in [0.2, 0.25) is 0 Å². The maximum Gasteiger partial charge on any atom is 0.271 e. The molecular formula is C4H5N5O2S2. The molecule has 2 aromatic heterocycles. The summed E-state index contributed by atoms with van der Waals surface area (Å²) in [5.74, 6) is 0. The zero-order valence-electron chi connectivity index (χ0n) is 6.50. The van der Waals surface area contributed by atoms with Crippen molar-refractivity contribution in [3.63, 3.8) is 0 Å². The third kappa shape index (κ3) is 1.25. The van der Waals surface area contributed by atoms with Gasteiger partial charge in [0.15, 0.2) is 0 Å². The molecule has 2 heterocycles. The van der Waals surface area contributed by atoms with Crippen LogP contribution < -0.4 is 5.73 Å². The van der Waals surface area contributed by atoms with E-state index < -0.39 is 9.84 Å². The highest BCUT2D eigenvalue weighted by Gasteiger charge is 2.18. The summed E-state index contributed by atoms with van der Waals surface area (Å²) >= 11 is 1.08. The topological polar surface area (TPSA) is 103 Å². The molecule has 9 heteroatoms. The van der Waals surface area contributed by atoms with Crippen molar-refractivity contribution in [1.82, 2.24) is 19.8 Å². The van der Waals surface area contributed by atoms with Crippen molar-refractivity contribution in [2.75, 3.05) is 12.0 Å². The van der Waals surface area contributed by atoms with Crippen molar-refractivity contribution in [3.05, 3.63) is 0 Å². The summed E-state index contributed by atoms with van der Waals surface area (Å²) in [7, 11) is -3.39. The van der Waals surface area contributed by atoms with Crippen LogP contribution in [0.25, 0.3) is 4.96 Å². The molecule has 0 aliphatic carbocycles. The lowest BCUT2D eigenvalue weighted by molar-refractivity contribution is 0.587. The van der Waals surface area contributed by atoms with E-state index in [4.69, 9.17) is 5.73 Å². The van der Waals surface area contributed by atoms with Gasteiger partial charge in [0.05, 0.1) is 0 Å². The molecule has 0 aliphatic heterocycles. The van der Waals surface area contributed by atoms with Gasteiger partial charge in [0.25, 0.3) is 5.16 Å². The molecule has 13 heavy (non-hydrogen) atoms. The molecule has 0 aliphatic rings. The summed E-state index contributed by atoms with van der Waals surface area (Å²) in [5, 5.41) is 10.9. The molecule has 0 fully saturated rings. The third-order valence-electron chi connectivity index (χ3n) is 1.31. The van der Waals surface area contributed by atoms with Crippen molar-refractivity contribution in [1.29, 1.82) is 0 Å². The van der Waals surface area contributed by atoms with Crippen LogP contribution in [0.15, 0.2) is 5.16 Å².